The van der Waals surface area contributed by atoms with Crippen LogP contribution in [0.3, 0.4) is 0 Å². The normalized spacial score (nSPS) is 18.5. The van der Waals surface area contributed by atoms with Gasteiger partial charge in [-0.15, -0.1) is 0 Å². The number of ether oxygens (including phenoxy) is 3. The second kappa shape index (κ2) is 13.1. The minimum absolute atomic E-state index is 0.00740. The molecule has 5 rings (SSSR count). The molecular weight excluding hydrogens is 571 g/mol. The number of benzene rings is 4. The van der Waals surface area contributed by atoms with E-state index in [1.165, 1.54) is 12.1 Å². The van der Waals surface area contributed by atoms with Crippen LogP contribution in [0.1, 0.15) is 29.5 Å². The van der Waals surface area contributed by atoms with Crippen molar-refractivity contribution < 1.29 is 37.3 Å². The number of rotatable bonds is 10. The van der Waals surface area contributed by atoms with Gasteiger partial charge in [-0.1, -0.05) is 72.8 Å². The highest BCUT2D eigenvalue weighted by molar-refractivity contribution is 5.97. The van der Waals surface area contributed by atoms with Crippen LogP contribution < -0.4 is 14.4 Å². The van der Waals surface area contributed by atoms with Gasteiger partial charge in [-0.05, 0) is 65.9 Å². The van der Waals surface area contributed by atoms with E-state index in [-0.39, 0.29) is 25.1 Å². The second-order valence-electron chi connectivity index (χ2n) is 10.8. The third-order valence-electron chi connectivity index (χ3n) is 8.18. The van der Waals surface area contributed by atoms with Crippen molar-refractivity contribution in [2.24, 2.45) is 5.92 Å². The predicted molar refractivity (Wildman–Crippen MR) is 161 cm³/mol. The van der Waals surface area contributed by atoms with Gasteiger partial charge in [0.15, 0.2) is 0 Å². The van der Waals surface area contributed by atoms with Crippen LogP contribution in [0.5, 0.6) is 11.5 Å². The van der Waals surface area contributed by atoms with Gasteiger partial charge in [-0.25, -0.2) is 0 Å². The molecule has 1 amide bonds. The highest BCUT2D eigenvalue weighted by Gasteiger charge is 2.49. The van der Waals surface area contributed by atoms with E-state index in [0.29, 0.717) is 11.5 Å². The van der Waals surface area contributed by atoms with E-state index >= 15 is 0 Å². The SMILES string of the molecule is COc1ccc(C(OC[C@H]2C[C@@H](N(C(=O)C(F)(F)F)c3ccccc3)C[C@@H]2O)(c2ccccc2)c2ccc(OC)cc2)cc1. The zero-order chi connectivity index (χ0) is 31.3. The molecule has 0 aromatic heterocycles. The average Bonchev–Trinajstić information content (AvgIpc) is 3.42. The zero-order valence-corrected chi connectivity index (χ0v) is 24.4. The van der Waals surface area contributed by atoms with E-state index in [0.717, 1.165) is 21.6 Å². The number of hydrogen-bond acceptors (Lipinski definition) is 5. The molecule has 0 heterocycles. The van der Waals surface area contributed by atoms with E-state index < -0.39 is 35.7 Å². The van der Waals surface area contributed by atoms with Crippen LogP contribution in [0.15, 0.2) is 109 Å². The van der Waals surface area contributed by atoms with E-state index in [1.807, 2.05) is 78.9 Å². The number of aliphatic hydroxyl groups is 1. The molecular formula is C35H34F3NO5. The summed E-state index contributed by atoms with van der Waals surface area (Å²) in [5.74, 6) is -1.19. The molecule has 0 aliphatic heterocycles. The molecule has 1 saturated carbocycles. The Balaban J connectivity index is 1.52. The Morgan fingerprint density at radius 3 is 1.70 bits per heavy atom. The number of nitrogens with zero attached hydrogens (tertiary/aromatic N) is 1. The van der Waals surface area contributed by atoms with E-state index in [4.69, 9.17) is 14.2 Å². The Morgan fingerprint density at radius 1 is 0.750 bits per heavy atom. The van der Waals surface area contributed by atoms with Crippen molar-refractivity contribution >= 4 is 11.6 Å². The predicted octanol–water partition coefficient (Wildman–Crippen LogP) is 6.75. The summed E-state index contributed by atoms with van der Waals surface area (Å²) >= 11 is 0. The van der Waals surface area contributed by atoms with Gasteiger partial charge in [0.2, 0.25) is 0 Å². The maximum Gasteiger partial charge on any atom is 0.471 e. The van der Waals surface area contributed by atoms with E-state index in [1.54, 1.807) is 32.4 Å². The number of para-hydroxylation sites is 1. The van der Waals surface area contributed by atoms with Gasteiger partial charge in [-0.2, -0.15) is 13.2 Å². The van der Waals surface area contributed by atoms with Crippen molar-refractivity contribution in [1.82, 2.24) is 0 Å². The number of aliphatic hydroxyl groups excluding tert-OH is 1. The number of anilines is 1. The monoisotopic (exact) mass is 605 g/mol. The van der Waals surface area contributed by atoms with E-state index in [9.17, 15) is 23.1 Å². The van der Waals surface area contributed by atoms with Gasteiger partial charge >= 0.3 is 12.1 Å². The Labute approximate surface area is 254 Å². The number of amides is 1. The molecule has 1 aliphatic carbocycles. The molecule has 0 bridgehead atoms. The Morgan fingerprint density at radius 2 is 1.23 bits per heavy atom. The molecule has 0 saturated heterocycles. The van der Waals surface area contributed by atoms with Crippen LogP contribution >= 0.6 is 0 Å². The third-order valence-corrected chi connectivity index (χ3v) is 8.18. The molecule has 1 N–H and O–H groups in total. The topological polar surface area (TPSA) is 68.2 Å². The zero-order valence-electron chi connectivity index (χ0n) is 24.4. The first kappa shape index (κ1) is 31.1. The minimum atomic E-state index is -5.07. The minimum Gasteiger partial charge on any atom is -0.497 e. The highest BCUT2D eigenvalue weighted by Crippen LogP contribution is 2.44. The molecule has 4 aromatic rings. The van der Waals surface area contributed by atoms with Gasteiger partial charge in [0.05, 0.1) is 26.9 Å². The lowest BCUT2D eigenvalue weighted by Crippen LogP contribution is -2.46. The van der Waals surface area contributed by atoms with Crippen LogP contribution in [0, 0.1) is 5.92 Å². The van der Waals surface area contributed by atoms with Crippen molar-refractivity contribution in [2.45, 2.75) is 36.8 Å². The van der Waals surface area contributed by atoms with Gasteiger partial charge in [0.25, 0.3) is 0 Å². The first-order valence-electron chi connectivity index (χ1n) is 14.3. The fourth-order valence-corrected chi connectivity index (χ4v) is 5.99. The number of carbonyl (C=O) groups excluding carboxylic acids is 1. The molecule has 0 spiro atoms. The van der Waals surface area contributed by atoms with Crippen LogP contribution in [0.2, 0.25) is 0 Å². The molecule has 9 heteroatoms. The molecule has 3 atom stereocenters. The van der Waals surface area contributed by atoms with Crippen LogP contribution in [-0.4, -0.2) is 50.2 Å². The molecule has 44 heavy (non-hydrogen) atoms. The number of halogens is 3. The quantitative estimate of drug-likeness (QED) is 0.203. The number of alkyl halides is 3. The first-order chi connectivity index (χ1) is 21.2. The maximum absolute atomic E-state index is 13.7. The fraction of sp³-hybridized carbons (Fsp3) is 0.286. The summed E-state index contributed by atoms with van der Waals surface area (Å²) in [5.41, 5.74) is 1.37. The van der Waals surface area contributed by atoms with Crippen LogP contribution in [0.25, 0.3) is 0 Å². The molecule has 1 aliphatic rings. The molecule has 6 nitrogen and oxygen atoms in total. The smallest absolute Gasteiger partial charge is 0.471 e. The van der Waals surface area contributed by atoms with Crippen LogP contribution in [-0.2, 0) is 15.1 Å². The molecule has 0 unspecified atom stereocenters. The second-order valence-corrected chi connectivity index (χ2v) is 10.8. The van der Waals surface area contributed by atoms with Gasteiger partial charge in [0, 0.05) is 17.6 Å². The van der Waals surface area contributed by atoms with Gasteiger partial charge in [0.1, 0.15) is 17.1 Å². The summed E-state index contributed by atoms with van der Waals surface area (Å²) in [4.78, 5) is 13.4. The molecule has 230 valence electrons. The summed E-state index contributed by atoms with van der Waals surface area (Å²) < 4.78 is 58.8. The summed E-state index contributed by atoms with van der Waals surface area (Å²) in [7, 11) is 3.17. The average molecular weight is 606 g/mol. The lowest BCUT2D eigenvalue weighted by Gasteiger charge is -2.37. The Bertz CT molecular complexity index is 1470. The Kier molecular flexibility index (Phi) is 9.27. The summed E-state index contributed by atoms with van der Waals surface area (Å²) in [6, 6.07) is 31.4. The van der Waals surface area contributed by atoms with Crippen molar-refractivity contribution in [3.05, 3.63) is 126 Å². The summed E-state index contributed by atoms with van der Waals surface area (Å²) in [5, 5.41) is 11.2. The Hall–Kier alpha value is -4.34. The first-order valence-corrected chi connectivity index (χ1v) is 14.3. The van der Waals surface area contributed by atoms with Crippen molar-refractivity contribution in [3.63, 3.8) is 0 Å². The van der Waals surface area contributed by atoms with Crippen molar-refractivity contribution in [1.29, 1.82) is 0 Å². The number of hydrogen-bond donors (Lipinski definition) is 1. The fourth-order valence-electron chi connectivity index (χ4n) is 5.99. The highest BCUT2D eigenvalue weighted by atomic mass is 19.4. The third kappa shape index (κ3) is 6.30. The lowest BCUT2D eigenvalue weighted by molar-refractivity contribution is -0.171. The largest absolute Gasteiger partial charge is 0.497 e. The number of methoxy groups -OCH3 is 2. The lowest BCUT2D eigenvalue weighted by atomic mass is 9.79. The summed E-state index contributed by atoms with van der Waals surface area (Å²) in [6.45, 7) is 0.00740. The van der Waals surface area contributed by atoms with Crippen LogP contribution in [0.4, 0.5) is 18.9 Å². The summed E-state index contributed by atoms with van der Waals surface area (Å²) in [6.07, 6.45) is -5.96. The molecule has 4 aromatic carbocycles. The van der Waals surface area contributed by atoms with Crippen molar-refractivity contribution in [2.75, 3.05) is 25.7 Å². The van der Waals surface area contributed by atoms with Gasteiger partial charge < -0.3 is 24.2 Å². The molecule has 0 radical (unpaired) electrons. The maximum atomic E-state index is 13.7. The number of carbonyl (C=O) groups is 1. The van der Waals surface area contributed by atoms with E-state index in [2.05, 4.69) is 0 Å². The van der Waals surface area contributed by atoms with Gasteiger partial charge in [-0.3, -0.25) is 4.79 Å². The molecule has 1 fully saturated rings. The van der Waals surface area contributed by atoms with Crippen molar-refractivity contribution in [3.8, 4) is 11.5 Å². The standard InChI is InChI=1S/C35H34F3NO5/c1-42-30-17-13-26(14-18-30)34(25-9-5-3-6-10-25,27-15-19-31(43-2)20-16-27)44-23-24-21-29(22-32(24)40)39(33(41)35(36,37)38)28-11-7-4-8-12-28/h3-20,24,29,32,40H,21-23H2,1-2H3/t24-,29-,32+/m1/s1.